The van der Waals surface area contributed by atoms with Crippen molar-refractivity contribution in [2.75, 3.05) is 0 Å². The number of nitrogens with zero attached hydrogens (tertiary/aromatic N) is 1. The molecule has 0 aliphatic rings. The van der Waals surface area contributed by atoms with Gasteiger partial charge in [-0.15, -0.1) is 0 Å². The molecule has 4 heteroatoms. The van der Waals surface area contributed by atoms with Crippen LogP contribution in [0.3, 0.4) is 0 Å². The molecule has 0 saturated carbocycles. The second-order valence-electron chi connectivity index (χ2n) is 2.60. The van der Waals surface area contributed by atoms with E-state index >= 15 is 0 Å². The highest BCUT2D eigenvalue weighted by Gasteiger charge is 2.15. The normalized spacial score (nSPS) is 16.4. The number of aliphatic hydroxyl groups excluding tert-OH is 1. The summed E-state index contributed by atoms with van der Waals surface area (Å²) in [6.07, 6.45) is 0.691. The molecule has 0 aromatic carbocycles. The third-order valence-electron chi connectivity index (χ3n) is 1.44. The van der Waals surface area contributed by atoms with Gasteiger partial charge < -0.3 is 15.3 Å². The second kappa shape index (κ2) is 3.02. The van der Waals surface area contributed by atoms with Crippen LogP contribution in [-0.2, 0) is 0 Å². The molecular weight excluding hydrogens is 144 g/mol. The number of aromatic nitrogens is 1. The topological polar surface area (TPSA) is 72.3 Å². The first-order valence-corrected chi connectivity index (χ1v) is 3.47. The number of aryl methyl sites for hydroxylation is 1. The lowest BCUT2D eigenvalue weighted by molar-refractivity contribution is 0.148. The van der Waals surface area contributed by atoms with Crippen molar-refractivity contribution < 1.29 is 9.52 Å². The van der Waals surface area contributed by atoms with Gasteiger partial charge in [0, 0.05) is 13.0 Å². The van der Waals surface area contributed by atoms with Crippen LogP contribution in [0.2, 0.25) is 0 Å². The molecule has 3 N–H and O–H groups in total. The highest BCUT2D eigenvalue weighted by atomic mass is 16.3. The summed E-state index contributed by atoms with van der Waals surface area (Å²) in [4.78, 5) is 3.94. The Kier molecular flexibility index (Phi) is 2.26. The van der Waals surface area contributed by atoms with Crippen molar-refractivity contribution in [2.24, 2.45) is 5.73 Å². The second-order valence-corrected chi connectivity index (χ2v) is 2.60. The number of aliphatic hydroxyl groups is 1. The standard InChI is InChI=1S/C7H12N2O2/c1-4(8)7(10)6-3-11-5(2)9-6/h3-4,7,10H,8H2,1-2H3. The molecule has 0 aliphatic carbocycles. The van der Waals surface area contributed by atoms with Gasteiger partial charge >= 0.3 is 0 Å². The maximum absolute atomic E-state index is 9.36. The third-order valence-corrected chi connectivity index (χ3v) is 1.44. The molecule has 11 heavy (non-hydrogen) atoms. The fraction of sp³-hybridized carbons (Fsp3) is 0.571. The third kappa shape index (κ3) is 1.78. The lowest BCUT2D eigenvalue weighted by Gasteiger charge is -2.09. The maximum Gasteiger partial charge on any atom is 0.191 e. The van der Waals surface area contributed by atoms with Crippen molar-refractivity contribution in [3.63, 3.8) is 0 Å². The summed E-state index contributed by atoms with van der Waals surface area (Å²) >= 11 is 0. The fourth-order valence-electron chi connectivity index (χ4n) is 0.785. The Labute approximate surface area is 65.0 Å². The molecule has 0 radical (unpaired) electrons. The summed E-state index contributed by atoms with van der Waals surface area (Å²) in [5, 5.41) is 9.36. The van der Waals surface area contributed by atoms with E-state index in [-0.39, 0.29) is 6.04 Å². The lowest BCUT2D eigenvalue weighted by Crippen LogP contribution is -2.24. The summed E-state index contributed by atoms with van der Waals surface area (Å²) in [5.41, 5.74) is 5.94. The molecule has 62 valence electrons. The number of nitrogens with two attached hydrogens (primary N) is 1. The largest absolute Gasteiger partial charge is 0.449 e. The SMILES string of the molecule is Cc1nc(C(O)C(C)N)co1. The van der Waals surface area contributed by atoms with E-state index in [1.165, 1.54) is 6.26 Å². The van der Waals surface area contributed by atoms with Gasteiger partial charge in [-0.3, -0.25) is 0 Å². The van der Waals surface area contributed by atoms with E-state index in [9.17, 15) is 5.11 Å². The van der Waals surface area contributed by atoms with Crippen LogP contribution in [0, 0.1) is 6.92 Å². The van der Waals surface area contributed by atoms with Crippen molar-refractivity contribution in [1.29, 1.82) is 0 Å². The van der Waals surface area contributed by atoms with Gasteiger partial charge in [-0.25, -0.2) is 4.98 Å². The monoisotopic (exact) mass is 156 g/mol. The van der Waals surface area contributed by atoms with Crippen LogP contribution in [0.25, 0.3) is 0 Å². The Morgan fingerprint density at radius 3 is 2.73 bits per heavy atom. The molecule has 1 aromatic heterocycles. The van der Waals surface area contributed by atoms with Crippen LogP contribution >= 0.6 is 0 Å². The van der Waals surface area contributed by atoms with Crippen LogP contribution < -0.4 is 5.73 Å². The zero-order valence-corrected chi connectivity index (χ0v) is 6.61. The first-order valence-electron chi connectivity index (χ1n) is 3.47. The number of hydrogen-bond donors (Lipinski definition) is 2. The number of hydrogen-bond acceptors (Lipinski definition) is 4. The minimum Gasteiger partial charge on any atom is -0.449 e. The smallest absolute Gasteiger partial charge is 0.191 e. The van der Waals surface area contributed by atoms with Gasteiger partial charge in [0.05, 0.1) is 0 Å². The van der Waals surface area contributed by atoms with Crippen LogP contribution in [-0.4, -0.2) is 16.1 Å². The zero-order chi connectivity index (χ0) is 8.43. The van der Waals surface area contributed by atoms with Crippen molar-refractivity contribution in [2.45, 2.75) is 26.0 Å². The van der Waals surface area contributed by atoms with Gasteiger partial charge in [-0.2, -0.15) is 0 Å². The molecule has 0 aliphatic heterocycles. The molecule has 4 nitrogen and oxygen atoms in total. The van der Waals surface area contributed by atoms with Crippen molar-refractivity contribution in [1.82, 2.24) is 4.98 Å². The molecule has 0 saturated heterocycles. The summed E-state index contributed by atoms with van der Waals surface area (Å²) in [7, 11) is 0. The minimum absolute atomic E-state index is 0.320. The van der Waals surface area contributed by atoms with E-state index in [0.717, 1.165) is 0 Å². The molecule has 1 rings (SSSR count). The van der Waals surface area contributed by atoms with E-state index in [2.05, 4.69) is 4.98 Å². The molecule has 1 heterocycles. The lowest BCUT2D eigenvalue weighted by atomic mass is 10.1. The molecule has 0 spiro atoms. The summed E-state index contributed by atoms with van der Waals surface area (Å²) in [5.74, 6) is 0.541. The van der Waals surface area contributed by atoms with Crippen molar-refractivity contribution in [3.05, 3.63) is 17.8 Å². The highest BCUT2D eigenvalue weighted by Crippen LogP contribution is 2.13. The quantitative estimate of drug-likeness (QED) is 0.648. The molecular formula is C7H12N2O2. The number of oxazole rings is 1. The predicted molar refractivity (Wildman–Crippen MR) is 39.8 cm³/mol. The Morgan fingerprint density at radius 1 is 1.73 bits per heavy atom. The van der Waals surface area contributed by atoms with E-state index in [1.807, 2.05) is 0 Å². The summed E-state index contributed by atoms with van der Waals surface area (Å²) < 4.78 is 4.91. The van der Waals surface area contributed by atoms with Gasteiger partial charge in [0.1, 0.15) is 18.1 Å². The Balaban J connectivity index is 2.76. The van der Waals surface area contributed by atoms with Crippen molar-refractivity contribution in [3.8, 4) is 0 Å². The van der Waals surface area contributed by atoms with Crippen LogP contribution in [0.1, 0.15) is 24.6 Å². The van der Waals surface area contributed by atoms with Gasteiger partial charge in [0.15, 0.2) is 5.89 Å². The van der Waals surface area contributed by atoms with E-state index in [0.29, 0.717) is 11.6 Å². The Bertz CT molecular complexity index is 232. The van der Waals surface area contributed by atoms with Crippen LogP contribution in [0.4, 0.5) is 0 Å². The fourth-order valence-corrected chi connectivity index (χ4v) is 0.785. The van der Waals surface area contributed by atoms with Crippen molar-refractivity contribution >= 4 is 0 Å². The molecule has 2 unspecified atom stereocenters. The van der Waals surface area contributed by atoms with E-state index in [1.54, 1.807) is 13.8 Å². The first kappa shape index (κ1) is 8.23. The molecule has 1 aromatic rings. The first-order chi connectivity index (χ1) is 5.11. The predicted octanol–water partition coefficient (Wildman–Crippen LogP) is 0.364. The average molecular weight is 156 g/mol. The maximum atomic E-state index is 9.36. The van der Waals surface area contributed by atoms with Gasteiger partial charge in [-0.05, 0) is 6.92 Å². The van der Waals surface area contributed by atoms with E-state index in [4.69, 9.17) is 10.2 Å². The average Bonchev–Trinajstić information content (AvgIpc) is 2.34. The molecule has 2 atom stereocenters. The number of rotatable bonds is 2. The van der Waals surface area contributed by atoms with Gasteiger partial charge in [0.2, 0.25) is 0 Å². The molecule has 0 amide bonds. The van der Waals surface area contributed by atoms with Gasteiger partial charge in [-0.1, -0.05) is 0 Å². The highest BCUT2D eigenvalue weighted by molar-refractivity contribution is 5.01. The van der Waals surface area contributed by atoms with Crippen LogP contribution in [0.5, 0.6) is 0 Å². The summed E-state index contributed by atoms with van der Waals surface area (Å²) in [6, 6.07) is -0.320. The molecule has 0 bridgehead atoms. The molecule has 0 fully saturated rings. The Morgan fingerprint density at radius 2 is 2.36 bits per heavy atom. The van der Waals surface area contributed by atoms with E-state index < -0.39 is 6.10 Å². The van der Waals surface area contributed by atoms with Gasteiger partial charge in [0.25, 0.3) is 0 Å². The minimum atomic E-state index is -0.729. The van der Waals surface area contributed by atoms with Crippen LogP contribution in [0.15, 0.2) is 10.7 Å². The Hall–Kier alpha value is -0.870. The summed E-state index contributed by atoms with van der Waals surface area (Å²) in [6.45, 7) is 3.44. The zero-order valence-electron chi connectivity index (χ0n) is 6.61.